The first-order valence-corrected chi connectivity index (χ1v) is 5.82. The van der Waals surface area contributed by atoms with E-state index in [1.165, 1.54) is 0 Å². The Morgan fingerprint density at radius 2 is 2.33 bits per heavy atom. The number of amides is 1. The summed E-state index contributed by atoms with van der Waals surface area (Å²) in [5.74, 6) is -0.181. The highest BCUT2D eigenvalue weighted by Gasteiger charge is 2.16. The molecule has 18 heavy (non-hydrogen) atoms. The van der Waals surface area contributed by atoms with E-state index in [0.717, 1.165) is 5.69 Å². The monoisotopic (exact) mass is 265 g/mol. The molecule has 0 saturated carbocycles. The van der Waals surface area contributed by atoms with Crippen LogP contribution < -0.4 is 5.32 Å². The summed E-state index contributed by atoms with van der Waals surface area (Å²) in [5.41, 5.74) is 0.939. The van der Waals surface area contributed by atoms with E-state index >= 15 is 0 Å². The molecule has 0 aliphatic carbocycles. The minimum absolute atomic E-state index is 0.170. The van der Waals surface area contributed by atoms with Gasteiger partial charge in [0.05, 0.1) is 5.02 Å². The second kappa shape index (κ2) is 5.14. The van der Waals surface area contributed by atoms with Gasteiger partial charge in [-0.15, -0.1) is 0 Å². The van der Waals surface area contributed by atoms with Gasteiger partial charge in [0.15, 0.2) is 5.69 Å². The van der Waals surface area contributed by atoms with Crippen molar-refractivity contribution in [1.82, 2.24) is 19.7 Å². The maximum atomic E-state index is 11.9. The molecule has 0 fully saturated rings. The Hall–Kier alpha value is -1.95. The van der Waals surface area contributed by atoms with Crippen molar-refractivity contribution in [3.63, 3.8) is 0 Å². The number of anilines is 1. The van der Waals surface area contributed by atoms with E-state index in [1.54, 1.807) is 23.1 Å². The van der Waals surface area contributed by atoms with Crippen LogP contribution in [0.1, 0.15) is 23.1 Å². The summed E-state index contributed by atoms with van der Waals surface area (Å²) in [7, 11) is 0. The molecule has 6 nitrogen and oxygen atoms in total. The molecule has 0 unspecified atom stereocenters. The predicted octanol–water partition coefficient (Wildman–Crippen LogP) is 1.91. The Morgan fingerprint density at radius 1 is 1.56 bits per heavy atom. The number of hydrogen-bond donors (Lipinski definition) is 1. The van der Waals surface area contributed by atoms with Crippen molar-refractivity contribution in [3.8, 4) is 0 Å². The number of aryl methyl sites for hydroxylation is 2. The van der Waals surface area contributed by atoms with E-state index in [2.05, 4.69) is 20.4 Å². The molecule has 0 radical (unpaired) electrons. The first kappa shape index (κ1) is 12.5. The average molecular weight is 266 g/mol. The molecule has 7 heteroatoms. The summed E-state index contributed by atoms with van der Waals surface area (Å²) >= 11 is 5.93. The predicted molar refractivity (Wildman–Crippen MR) is 67.6 cm³/mol. The normalized spacial score (nSPS) is 10.4. The van der Waals surface area contributed by atoms with Crippen molar-refractivity contribution in [1.29, 1.82) is 0 Å². The fraction of sp³-hybridized carbons (Fsp3) is 0.273. The second-order valence-electron chi connectivity index (χ2n) is 3.66. The molecule has 1 amide bonds. The molecular formula is C11H12ClN5O. The van der Waals surface area contributed by atoms with Gasteiger partial charge < -0.3 is 0 Å². The van der Waals surface area contributed by atoms with Gasteiger partial charge in [0.2, 0.25) is 5.95 Å². The van der Waals surface area contributed by atoms with E-state index in [0.29, 0.717) is 11.6 Å². The molecule has 0 atom stereocenters. The molecule has 2 aromatic heterocycles. The zero-order valence-corrected chi connectivity index (χ0v) is 10.8. The molecule has 0 bridgehead atoms. The van der Waals surface area contributed by atoms with Crippen LogP contribution in [0.2, 0.25) is 5.02 Å². The SMILES string of the molecule is CCn1cc(Cl)c(C(=O)Nc2nccc(C)n2)n1. The first-order valence-electron chi connectivity index (χ1n) is 5.44. The van der Waals surface area contributed by atoms with E-state index in [1.807, 2.05) is 13.8 Å². The summed E-state index contributed by atoms with van der Waals surface area (Å²) in [6, 6.07) is 1.74. The summed E-state index contributed by atoms with van der Waals surface area (Å²) in [5, 5.41) is 6.93. The molecule has 2 aromatic rings. The minimum atomic E-state index is -0.419. The first-order chi connectivity index (χ1) is 8.60. The van der Waals surface area contributed by atoms with Crippen LogP contribution in [0.5, 0.6) is 0 Å². The Morgan fingerprint density at radius 3 is 2.94 bits per heavy atom. The van der Waals surface area contributed by atoms with Crippen molar-refractivity contribution in [2.75, 3.05) is 5.32 Å². The van der Waals surface area contributed by atoms with Crippen molar-refractivity contribution in [2.24, 2.45) is 0 Å². The molecule has 0 aromatic carbocycles. The molecule has 94 valence electrons. The highest BCUT2D eigenvalue weighted by molar-refractivity contribution is 6.34. The third kappa shape index (κ3) is 2.65. The van der Waals surface area contributed by atoms with Crippen LogP contribution in [0, 0.1) is 6.92 Å². The Kier molecular flexibility index (Phi) is 3.57. The summed E-state index contributed by atoms with van der Waals surface area (Å²) in [6.07, 6.45) is 3.18. The summed E-state index contributed by atoms with van der Waals surface area (Å²) < 4.78 is 1.59. The van der Waals surface area contributed by atoms with Gasteiger partial charge in [-0.25, -0.2) is 9.97 Å². The van der Waals surface area contributed by atoms with Crippen LogP contribution in [0.25, 0.3) is 0 Å². The average Bonchev–Trinajstić information content (AvgIpc) is 2.70. The molecule has 2 heterocycles. The second-order valence-corrected chi connectivity index (χ2v) is 4.06. The van der Waals surface area contributed by atoms with Crippen molar-refractivity contribution in [3.05, 3.63) is 34.9 Å². The zero-order chi connectivity index (χ0) is 13.1. The molecule has 0 aliphatic rings. The van der Waals surface area contributed by atoms with Gasteiger partial charge in [-0.05, 0) is 19.9 Å². The molecule has 0 saturated heterocycles. The van der Waals surface area contributed by atoms with Crippen LogP contribution >= 0.6 is 11.6 Å². The smallest absolute Gasteiger partial charge is 0.280 e. The lowest BCUT2D eigenvalue weighted by molar-refractivity contribution is 0.102. The number of hydrogen-bond acceptors (Lipinski definition) is 4. The van der Waals surface area contributed by atoms with Crippen LogP contribution in [0.4, 0.5) is 5.95 Å². The van der Waals surface area contributed by atoms with Gasteiger partial charge in [-0.1, -0.05) is 11.6 Å². The third-order valence-corrected chi connectivity index (χ3v) is 2.55. The van der Waals surface area contributed by atoms with Crippen molar-refractivity contribution < 1.29 is 4.79 Å². The molecule has 1 N–H and O–H groups in total. The molecular weight excluding hydrogens is 254 g/mol. The van der Waals surface area contributed by atoms with Gasteiger partial charge in [0, 0.05) is 24.6 Å². The van der Waals surface area contributed by atoms with Crippen LogP contribution in [0.3, 0.4) is 0 Å². The fourth-order valence-electron chi connectivity index (χ4n) is 1.38. The minimum Gasteiger partial charge on any atom is -0.289 e. The van der Waals surface area contributed by atoms with E-state index in [4.69, 9.17) is 11.6 Å². The Balaban J connectivity index is 2.19. The van der Waals surface area contributed by atoms with Crippen LogP contribution in [-0.2, 0) is 6.54 Å². The van der Waals surface area contributed by atoms with Crippen LogP contribution in [-0.4, -0.2) is 25.7 Å². The lowest BCUT2D eigenvalue weighted by Gasteiger charge is -2.01. The quantitative estimate of drug-likeness (QED) is 0.920. The van der Waals surface area contributed by atoms with Crippen LogP contribution in [0.15, 0.2) is 18.5 Å². The standard InChI is InChI=1S/C11H12ClN5O/c1-3-17-6-8(12)9(16-17)10(18)15-11-13-5-4-7(2)14-11/h4-6H,3H2,1-2H3,(H,13,14,15,18). The highest BCUT2D eigenvalue weighted by atomic mass is 35.5. The number of aromatic nitrogens is 4. The summed E-state index contributed by atoms with van der Waals surface area (Å²) in [6.45, 7) is 4.37. The molecule has 2 rings (SSSR count). The van der Waals surface area contributed by atoms with Crippen molar-refractivity contribution >= 4 is 23.5 Å². The van der Waals surface area contributed by atoms with Gasteiger partial charge in [-0.2, -0.15) is 5.10 Å². The number of rotatable bonds is 3. The topological polar surface area (TPSA) is 72.7 Å². The van der Waals surface area contributed by atoms with E-state index in [-0.39, 0.29) is 11.6 Å². The van der Waals surface area contributed by atoms with E-state index in [9.17, 15) is 4.79 Å². The Labute approximate surface area is 109 Å². The molecule has 0 aliphatic heterocycles. The number of carbonyl (C=O) groups is 1. The van der Waals surface area contributed by atoms with Crippen molar-refractivity contribution in [2.45, 2.75) is 20.4 Å². The van der Waals surface area contributed by atoms with Gasteiger partial charge in [0.1, 0.15) is 0 Å². The number of carbonyl (C=O) groups excluding carboxylic acids is 1. The number of nitrogens with zero attached hydrogens (tertiary/aromatic N) is 4. The third-order valence-electron chi connectivity index (χ3n) is 2.28. The maximum absolute atomic E-state index is 11.9. The van der Waals surface area contributed by atoms with Gasteiger partial charge >= 0.3 is 0 Å². The Bertz CT molecular complexity index is 581. The fourth-order valence-corrected chi connectivity index (χ4v) is 1.62. The van der Waals surface area contributed by atoms with E-state index < -0.39 is 5.91 Å². The number of nitrogens with one attached hydrogen (secondary N) is 1. The number of halogens is 1. The largest absolute Gasteiger partial charge is 0.289 e. The summed E-state index contributed by atoms with van der Waals surface area (Å²) in [4.78, 5) is 19.9. The lowest BCUT2D eigenvalue weighted by Crippen LogP contribution is -2.16. The molecule has 0 spiro atoms. The van der Waals surface area contributed by atoms with Gasteiger partial charge in [-0.3, -0.25) is 14.8 Å². The van der Waals surface area contributed by atoms with Gasteiger partial charge in [0.25, 0.3) is 5.91 Å². The lowest BCUT2D eigenvalue weighted by atomic mass is 10.4. The maximum Gasteiger partial charge on any atom is 0.280 e. The zero-order valence-electron chi connectivity index (χ0n) is 10.0. The highest BCUT2D eigenvalue weighted by Crippen LogP contribution is 2.15.